The minimum absolute atomic E-state index is 0.00355. The number of hydrogen-bond donors (Lipinski definition) is 1. The van der Waals surface area contributed by atoms with Crippen LogP contribution in [0.4, 0.5) is 0 Å². The lowest BCUT2D eigenvalue weighted by Crippen LogP contribution is -2.28. The van der Waals surface area contributed by atoms with Crippen LogP contribution in [0.25, 0.3) is 11.4 Å². The van der Waals surface area contributed by atoms with Crippen molar-refractivity contribution in [2.45, 2.75) is 11.7 Å². The number of benzene rings is 1. The molecule has 26 heavy (non-hydrogen) atoms. The van der Waals surface area contributed by atoms with Gasteiger partial charge in [-0.1, -0.05) is 30.0 Å². The fourth-order valence-electron chi connectivity index (χ4n) is 2.36. The van der Waals surface area contributed by atoms with Gasteiger partial charge in [-0.25, -0.2) is 4.98 Å². The number of methoxy groups -OCH3 is 1. The maximum Gasteiger partial charge on any atom is 0.233 e. The number of thioether (sulfide) groups is 1. The van der Waals surface area contributed by atoms with Gasteiger partial charge in [-0.3, -0.25) is 14.9 Å². The Morgan fingerprint density at radius 2 is 2.00 bits per heavy atom. The molecule has 2 heterocycles. The Morgan fingerprint density at radius 3 is 2.77 bits per heavy atom. The highest BCUT2D eigenvalue weighted by Crippen LogP contribution is 2.21. The fourth-order valence-corrected chi connectivity index (χ4v) is 3.10. The van der Waals surface area contributed by atoms with Gasteiger partial charge in [-0.2, -0.15) is 0 Å². The van der Waals surface area contributed by atoms with E-state index in [0.717, 1.165) is 16.9 Å². The van der Waals surface area contributed by atoms with Gasteiger partial charge in [-0.15, -0.1) is 5.10 Å². The smallest absolute Gasteiger partial charge is 0.233 e. The van der Waals surface area contributed by atoms with Crippen molar-refractivity contribution in [2.75, 3.05) is 19.9 Å². The zero-order valence-corrected chi connectivity index (χ0v) is 15.4. The van der Waals surface area contributed by atoms with Crippen LogP contribution in [0.2, 0.25) is 0 Å². The molecule has 134 valence electrons. The molecule has 0 saturated heterocycles. The van der Waals surface area contributed by atoms with Crippen LogP contribution < -0.4 is 4.74 Å². The average Bonchev–Trinajstić information content (AvgIpc) is 3.16. The summed E-state index contributed by atoms with van der Waals surface area (Å²) in [5.74, 6) is 1.69. The number of rotatable bonds is 7. The van der Waals surface area contributed by atoms with Crippen molar-refractivity contribution < 1.29 is 9.53 Å². The van der Waals surface area contributed by atoms with E-state index < -0.39 is 0 Å². The summed E-state index contributed by atoms with van der Waals surface area (Å²) < 4.78 is 5.33. The van der Waals surface area contributed by atoms with Gasteiger partial charge in [0.25, 0.3) is 0 Å². The van der Waals surface area contributed by atoms with Crippen LogP contribution in [0.1, 0.15) is 5.56 Å². The predicted molar refractivity (Wildman–Crippen MR) is 99.8 cm³/mol. The van der Waals surface area contributed by atoms with E-state index in [0.29, 0.717) is 17.5 Å². The second-order valence-corrected chi connectivity index (χ2v) is 6.50. The van der Waals surface area contributed by atoms with E-state index in [-0.39, 0.29) is 11.7 Å². The Bertz CT molecular complexity index is 869. The number of amides is 1. The minimum Gasteiger partial charge on any atom is -0.496 e. The Hall–Kier alpha value is -2.87. The van der Waals surface area contributed by atoms with Crippen LogP contribution in [-0.2, 0) is 11.3 Å². The molecular formula is C18H19N5O2S. The molecule has 0 fully saturated rings. The van der Waals surface area contributed by atoms with Gasteiger partial charge in [0.05, 0.1) is 12.9 Å². The summed E-state index contributed by atoms with van der Waals surface area (Å²) in [4.78, 5) is 22.4. The highest BCUT2D eigenvalue weighted by molar-refractivity contribution is 7.99. The summed E-state index contributed by atoms with van der Waals surface area (Å²) in [6, 6.07) is 11.4. The van der Waals surface area contributed by atoms with E-state index >= 15 is 0 Å². The van der Waals surface area contributed by atoms with Gasteiger partial charge in [-0.05, 0) is 18.2 Å². The first kappa shape index (κ1) is 17.9. The molecule has 3 aromatic rings. The monoisotopic (exact) mass is 369 g/mol. The number of pyridine rings is 1. The third-order valence-corrected chi connectivity index (χ3v) is 4.60. The van der Waals surface area contributed by atoms with E-state index in [2.05, 4.69) is 20.2 Å². The molecular weight excluding hydrogens is 350 g/mol. The minimum atomic E-state index is -0.00355. The van der Waals surface area contributed by atoms with Gasteiger partial charge >= 0.3 is 0 Å². The Morgan fingerprint density at radius 1 is 1.23 bits per heavy atom. The molecule has 0 bridgehead atoms. The highest BCUT2D eigenvalue weighted by atomic mass is 32.2. The number of carbonyl (C=O) groups excluding carboxylic acids is 1. The van der Waals surface area contributed by atoms with Crippen LogP contribution in [0, 0.1) is 0 Å². The second-order valence-electron chi connectivity index (χ2n) is 5.55. The normalized spacial score (nSPS) is 10.5. The zero-order valence-electron chi connectivity index (χ0n) is 14.5. The lowest BCUT2D eigenvalue weighted by atomic mass is 10.2. The lowest BCUT2D eigenvalue weighted by Gasteiger charge is -2.18. The quantitative estimate of drug-likeness (QED) is 0.645. The molecule has 0 aliphatic rings. The summed E-state index contributed by atoms with van der Waals surface area (Å²) in [6.45, 7) is 0.486. The number of nitrogens with one attached hydrogen (secondary N) is 1. The van der Waals surface area contributed by atoms with Gasteiger partial charge in [0.1, 0.15) is 5.75 Å². The topological polar surface area (TPSA) is 84.0 Å². The Labute approximate surface area is 155 Å². The molecule has 1 amide bonds. The maximum absolute atomic E-state index is 12.4. The summed E-state index contributed by atoms with van der Waals surface area (Å²) in [5, 5.41) is 7.57. The van der Waals surface area contributed by atoms with Crippen molar-refractivity contribution in [2.24, 2.45) is 0 Å². The number of aromatic amines is 1. The maximum atomic E-state index is 12.4. The molecule has 3 rings (SSSR count). The Kier molecular flexibility index (Phi) is 5.85. The lowest BCUT2D eigenvalue weighted by molar-refractivity contribution is -0.127. The van der Waals surface area contributed by atoms with Crippen LogP contribution >= 0.6 is 11.8 Å². The van der Waals surface area contributed by atoms with Crippen LogP contribution in [-0.4, -0.2) is 50.9 Å². The average molecular weight is 369 g/mol. The van der Waals surface area contributed by atoms with Crippen LogP contribution in [0.15, 0.2) is 53.9 Å². The molecule has 0 unspecified atom stereocenters. The summed E-state index contributed by atoms with van der Waals surface area (Å²) in [7, 11) is 3.40. The van der Waals surface area contributed by atoms with Gasteiger partial charge in [0.2, 0.25) is 11.1 Å². The third kappa shape index (κ3) is 4.40. The molecule has 0 radical (unpaired) electrons. The van der Waals surface area contributed by atoms with E-state index in [1.807, 2.05) is 36.4 Å². The molecule has 1 aromatic carbocycles. The molecule has 0 aliphatic carbocycles. The van der Waals surface area contributed by atoms with Crippen LogP contribution in [0.5, 0.6) is 5.75 Å². The van der Waals surface area contributed by atoms with Crippen molar-refractivity contribution in [3.63, 3.8) is 0 Å². The number of para-hydroxylation sites is 1. The number of hydrogen-bond acceptors (Lipinski definition) is 6. The van der Waals surface area contributed by atoms with Crippen molar-refractivity contribution >= 4 is 17.7 Å². The standard InChI is InChI=1S/C18H19N5O2S/c1-23(11-14-5-3-4-6-15(14)25-2)16(24)12-26-18-20-17(21-22-18)13-7-9-19-10-8-13/h3-10H,11-12H2,1-2H3,(H,20,21,22). The number of H-pyrrole nitrogens is 1. The van der Waals surface area contributed by atoms with Crippen LogP contribution in [0.3, 0.4) is 0 Å². The second kappa shape index (κ2) is 8.48. The molecule has 0 atom stereocenters. The van der Waals surface area contributed by atoms with Crippen molar-refractivity contribution in [1.29, 1.82) is 0 Å². The van der Waals surface area contributed by atoms with Gasteiger partial charge in [0.15, 0.2) is 5.82 Å². The molecule has 1 N–H and O–H groups in total. The molecule has 7 nitrogen and oxygen atoms in total. The largest absolute Gasteiger partial charge is 0.496 e. The molecule has 0 spiro atoms. The van der Waals surface area contributed by atoms with Crippen molar-refractivity contribution in [3.8, 4) is 17.1 Å². The van der Waals surface area contributed by atoms with E-state index in [1.54, 1.807) is 31.5 Å². The molecule has 0 aliphatic heterocycles. The van der Waals surface area contributed by atoms with E-state index in [9.17, 15) is 4.79 Å². The number of carbonyl (C=O) groups is 1. The highest BCUT2D eigenvalue weighted by Gasteiger charge is 2.14. The van der Waals surface area contributed by atoms with Crippen molar-refractivity contribution in [3.05, 3.63) is 54.4 Å². The molecule has 0 saturated carbocycles. The van der Waals surface area contributed by atoms with Gasteiger partial charge < -0.3 is 9.64 Å². The first-order valence-electron chi connectivity index (χ1n) is 7.99. The summed E-state index contributed by atoms with van der Waals surface area (Å²) in [5.41, 5.74) is 1.87. The zero-order chi connectivity index (χ0) is 18.4. The van der Waals surface area contributed by atoms with E-state index in [1.165, 1.54) is 11.8 Å². The molecule has 2 aromatic heterocycles. The Balaban J connectivity index is 1.56. The number of nitrogens with zero attached hydrogens (tertiary/aromatic N) is 4. The fraction of sp³-hybridized carbons (Fsp3) is 0.222. The SMILES string of the molecule is COc1ccccc1CN(C)C(=O)CSc1n[nH]c(-c2ccncc2)n1. The molecule has 8 heteroatoms. The third-order valence-electron chi connectivity index (χ3n) is 3.77. The number of ether oxygens (including phenoxy) is 1. The first-order valence-corrected chi connectivity index (χ1v) is 8.97. The van der Waals surface area contributed by atoms with Gasteiger partial charge in [0, 0.05) is 37.1 Å². The van der Waals surface area contributed by atoms with E-state index in [4.69, 9.17) is 4.74 Å². The number of aromatic nitrogens is 4. The first-order chi connectivity index (χ1) is 12.7. The van der Waals surface area contributed by atoms with Crippen molar-refractivity contribution in [1.82, 2.24) is 25.1 Å². The predicted octanol–water partition coefficient (Wildman–Crippen LogP) is 2.63. The summed E-state index contributed by atoms with van der Waals surface area (Å²) in [6.07, 6.45) is 3.39. The summed E-state index contributed by atoms with van der Waals surface area (Å²) >= 11 is 1.30.